The molecule has 0 aliphatic carbocycles. The molecule has 0 unspecified atom stereocenters. The van der Waals surface area contributed by atoms with Crippen LogP contribution in [0, 0.1) is 17.2 Å². The van der Waals surface area contributed by atoms with Gasteiger partial charge in [0.1, 0.15) is 6.07 Å². The molecule has 1 aliphatic rings. The molecule has 2 N–H and O–H groups in total. The van der Waals surface area contributed by atoms with Crippen molar-refractivity contribution < 1.29 is 0 Å². The van der Waals surface area contributed by atoms with Gasteiger partial charge < -0.3 is 10.6 Å². The van der Waals surface area contributed by atoms with Gasteiger partial charge in [0.2, 0.25) is 0 Å². The predicted molar refractivity (Wildman–Crippen MR) is 53.8 cm³/mol. The number of nitriles is 1. The quantitative estimate of drug-likeness (QED) is 0.728. The third-order valence-corrected chi connectivity index (χ3v) is 2.39. The number of nitrogens with zero attached hydrogens (tertiary/aromatic N) is 2. The van der Waals surface area contributed by atoms with Gasteiger partial charge in [-0.05, 0) is 6.07 Å². The molecule has 0 aromatic carbocycles. The molecule has 14 heavy (non-hydrogen) atoms. The summed E-state index contributed by atoms with van der Waals surface area (Å²) >= 11 is 0. The van der Waals surface area contributed by atoms with Crippen molar-refractivity contribution in [3.05, 3.63) is 24.0 Å². The van der Waals surface area contributed by atoms with E-state index >= 15 is 0 Å². The number of anilines is 1. The Kier molecular flexibility index (Phi) is 2.61. The highest BCUT2D eigenvalue weighted by Crippen LogP contribution is 2.13. The molecule has 1 fully saturated rings. The molecule has 1 aromatic rings. The van der Waals surface area contributed by atoms with Crippen molar-refractivity contribution >= 4 is 5.69 Å². The lowest BCUT2D eigenvalue weighted by Crippen LogP contribution is -2.45. The molecular formula is C10H12N4. The summed E-state index contributed by atoms with van der Waals surface area (Å²) in [5.41, 5.74) is 1.49. The molecule has 0 bridgehead atoms. The van der Waals surface area contributed by atoms with Gasteiger partial charge in [-0.2, -0.15) is 5.26 Å². The highest BCUT2D eigenvalue weighted by molar-refractivity contribution is 5.55. The summed E-state index contributed by atoms with van der Waals surface area (Å²) in [6, 6.07) is 3.95. The standard InChI is InChI=1S/C10H12N4/c11-3-9-7-12-2-1-10(9)14-6-8-4-13-5-8/h1-2,7-8,13H,4-6H2,(H,12,14). The summed E-state index contributed by atoms with van der Waals surface area (Å²) in [6.45, 7) is 3.06. The number of rotatable bonds is 3. The van der Waals surface area contributed by atoms with Gasteiger partial charge >= 0.3 is 0 Å². The first-order chi connectivity index (χ1) is 6.90. The fourth-order valence-electron chi connectivity index (χ4n) is 1.38. The highest BCUT2D eigenvalue weighted by Gasteiger charge is 2.16. The Morgan fingerprint density at radius 1 is 1.64 bits per heavy atom. The minimum atomic E-state index is 0.611. The minimum absolute atomic E-state index is 0.611. The van der Waals surface area contributed by atoms with E-state index in [-0.39, 0.29) is 0 Å². The average Bonchev–Trinajstić information content (AvgIpc) is 2.16. The third kappa shape index (κ3) is 1.83. The molecule has 1 saturated heterocycles. The SMILES string of the molecule is N#Cc1cnccc1NCC1CNC1. The van der Waals surface area contributed by atoms with Crippen LogP contribution < -0.4 is 10.6 Å². The second-order valence-corrected chi connectivity index (χ2v) is 3.44. The van der Waals surface area contributed by atoms with Crippen LogP contribution in [0.15, 0.2) is 18.5 Å². The maximum Gasteiger partial charge on any atom is 0.103 e. The molecule has 0 atom stereocenters. The minimum Gasteiger partial charge on any atom is -0.384 e. The van der Waals surface area contributed by atoms with Crippen LogP contribution in [0.1, 0.15) is 5.56 Å². The van der Waals surface area contributed by atoms with Gasteiger partial charge in [0.15, 0.2) is 0 Å². The molecule has 72 valence electrons. The Labute approximate surface area is 83.0 Å². The summed E-state index contributed by atoms with van der Waals surface area (Å²) in [5.74, 6) is 0.690. The first kappa shape index (κ1) is 8.97. The van der Waals surface area contributed by atoms with Crippen molar-refractivity contribution in [3.8, 4) is 6.07 Å². The van der Waals surface area contributed by atoms with E-state index in [1.165, 1.54) is 0 Å². The zero-order valence-electron chi connectivity index (χ0n) is 7.83. The maximum absolute atomic E-state index is 8.81. The lowest BCUT2D eigenvalue weighted by molar-refractivity contribution is 0.365. The van der Waals surface area contributed by atoms with Crippen LogP contribution in [0.3, 0.4) is 0 Å². The van der Waals surface area contributed by atoms with Crippen molar-refractivity contribution in [1.29, 1.82) is 5.26 Å². The Bertz CT molecular complexity index is 351. The summed E-state index contributed by atoms with van der Waals surface area (Å²) in [7, 11) is 0. The molecule has 2 heterocycles. The van der Waals surface area contributed by atoms with E-state index in [0.29, 0.717) is 11.5 Å². The van der Waals surface area contributed by atoms with Gasteiger partial charge in [-0.25, -0.2) is 0 Å². The van der Waals surface area contributed by atoms with Crippen LogP contribution in [0.4, 0.5) is 5.69 Å². The average molecular weight is 188 g/mol. The number of aromatic nitrogens is 1. The Hall–Kier alpha value is -1.60. The fraction of sp³-hybridized carbons (Fsp3) is 0.400. The van der Waals surface area contributed by atoms with Crippen molar-refractivity contribution in [2.45, 2.75) is 0 Å². The smallest absolute Gasteiger partial charge is 0.103 e. The van der Waals surface area contributed by atoms with Crippen molar-refractivity contribution in [2.24, 2.45) is 5.92 Å². The molecule has 2 rings (SSSR count). The maximum atomic E-state index is 8.81. The number of nitrogens with one attached hydrogen (secondary N) is 2. The molecule has 4 nitrogen and oxygen atoms in total. The van der Waals surface area contributed by atoms with Crippen molar-refractivity contribution in [2.75, 3.05) is 25.0 Å². The second kappa shape index (κ2) is 4.07. The first-order valence-corrected chi connectivity index (χ1v) is 4.69. The molecule has 0 amide bonds. The largest absolute Gasteiger partial charge is 0.384 e. The lowest BCUT2D eigenvalue weighted by Gasteiger charge is -2.27. The van der Waals surface area contributed by atoms with E-state index in [1.807, 2.05) is 6.07 Å². The first-order valence-electron chi connectivity index (χ1n) is 4.69. The van der Waals surface area contributed by atoms with Crippen molar-refractivity contribution in [3.63, 3.8) is 0 Å². The third-order valence-electron chi connectivity index (χ3n) is 2.39. The monoisotopic (exact) mass is 188 g/mol. The Morgan fingerprint density at radius 3 is 3.14 bits per heavy atom. The topological polar surface area (TPSA) is 60.7 Å². The summed E-state index contributed by atoms with van der Waals surface area (Å²) in [6.07, 6.45) is 3.28. The molecule has 1 aliphatic heterocycles. The van der Waals surface area contributed by atoms with E-state index in [1.54, 1.807) is 12.4 Å². The van der Waals surface area contributed by atoms with Gasteiger partial charge in [-0.3, -0.25) is 4.98 Å². The van der Waals surface area contributed by atoms with Crippen LogP contribution in [0.25, 0.3) is 0 Å². The zero-order chi connectivity index (χ0) is 9.80. The van der Waals surface area contributed by atoms with Gasteiger partial charge in [0, 0.05) is 37.9 Å². The Morgan fingerprint density at radius 2 is 2.50 bits per heavy atom. The van der Waals surface area contributed by atoms with Crippen molar-refractivity contribution in [1.82, 2.24) is 10.3 Å². The summed E-state index contributed by atoms with van der Waals surface area (Å²) in [5, 5.41) is 15.3. The Balaban J connectivity index is 1.97. The normalized spacial score (nSPS) is 15.6. The summed E-state index contributed by atoms with van der Waals surface area (Å²) < 4.78 is 0. The van der Waals surface area contributed by atoms with E-state index < -0.39 is 0 Å². The van der Waals surface area contributed by atoms with Crippen LogP contribution in [-0.2, 0) is 0 Å². The fourth-order valence-corrected chi connectivity index (χ4v) is 1.38. The molecule has 1 aromatic heterocycles. The van der Waals surface area contributed by atoms with Crippen LogP contribution >= 0.6 is 0 Å². The lowest BCUT2D eigenvalue weighted by atomic mass is 10.0. The van der Waals surface area contributed by atoms with Crippen LogP contribution in [-0.4, -0.2) is 24.6 Å². The molecule has 0 saturated carbocycles. The number of hydrogen-bond acceptors (Lipinski definition) is 4. The highest BCUT2D eigenvalue weighted by atomic mass is 15.0. The van der Waals surface area contributed by atoms with E-state index in [9.17, 15) is 0 Å². The second-order valence-electron chi connectivity index (χ2n) is 3.44. The van der Waals surface area contributed by atoms with Gasteiger partial charge in [0.25, 0.3) is 0 Å². The van der Waals surface area contributed by atoms with Crippen LogP contribution in [0.2, 0.25) is 0 Å². The van der Waals surface area contributed by atoms with E-state index in [2.05, 4.69) is 21.7 Å². The van der Waals surface area contributed by atoms with Gasteiger partial charge in [-0.1, -0.05) is 0 Å². The van der Waals surface area contributed by atoms with Gasteiger partial charge in [-0.15, -0.1) is 0 Å². The van der Waals surface area contributed by atoms with E-state index in [0.717, 1.165) is 25.3 Å². The van der Waals surface area contributed by atoms with E-state index in [4.69, 9.17) is 5.26 Å². The number of pyridine rings is 1. The summed E-state index contributed by atoms with van der Waals surface area (Å²) in [4.78, 5) is 3.90. The van der Waals surface area contributed by atoms with Gasteiger partial charge in [0.05, 0.1) is 11.3 Å². The molecule has 4 heteroatoms. The number of hydrogen-bond donors (Lipinski definition) is 2. The molecular weight excluding hydrogens is 176 g/mol. The molecule has 0 spiro atoms. The molecule has 0 radical (unpaired) electrons. The predicted octanol–water partition coefficient (Wildman–Crippen LogP) is 0.585. The van der Waals surface area contributed by atoms with Crippen LogP contribution in [0.5, 0.6) is 0 Å². The zero-order valence-corrected chi connectivity index (χ0v) is 7.83.